The molecule has 0 bridgehead atoms. The summed E-state index contributed by atoms with van der Waals surface area (Å²) in [5.41, 5.74) is 1.94. The number of methoxy groups -OCH3 is 2. The number of amides is 1. The summed E-state index contributed by atoms with van der Waals surface area (Å²) >= 11 is 0. The van der Waals surface area contributed by atoms with Gasteiger partial charge in [0.15, 0.2) is 0 Å². The zero-order valence-corrected chi connectivity index (χ0v) is 15.1. The first-order valence-electron chi connectivity index (χ1n) is 8.32. The second kappa shape index (κ2) is 8.66. The minimum absolute atomic E-state index is 0.229. The zero-order valence-electron chi connectivity index (χ0n) is 15.1. The van der Waals surface area contributed by atoms with Crippen molar-refractivity contribution in [1.29, 1.82) is 0 Å². The Morgan fingerprint density at radius 1 is 0.963 bits per heavy atom. The molecule has 0 radical (unpaired) electrons. The van der Waals surface area contributed by atoms with Gasteiger partial charge in [0.2, 0.25) is 0 Å². The number of benzene rings is 2. The second-order valence-electron chi connectivity index (χ2n) is 5.67. The van der Waals surface area contributed by atoms with Gasteiger partial charge in [0, 0.05) is 18.3 Å². The van der Waals surface area contributed by atoms with Crippen molar-refractivity contribution in [2.75, 3.05) is 24.9 Å². The first-order valence-corrected chi connectivity index (χ1v) is 8.32. The van der Waals surface area contributed by atoms with Gasteiger partial charge in [-0.1, -0.05) is 18.2 Å². The van der Waals surface area contributed by atoms with Gasteiger partial charge in [-0.05, 0) is 29.8 Å². The average molecular weight is 364 g/mol. The Labute approximate surface area is 157 Å². The van der Waals surface area contributed by atoms with Gasteiger partial charge in [0.05, 0.1) is 26.6 Å². The van der Waals surface area contributed by atoms with Crippen LogP contribution in [0.5, 0.6) is 11.5 Å². The van der Waals surface area contributed by atoms with Crippen molar-refractivity contribution in [3.05, 3.63) is 72.2 Å². The van der Waals surface area contributed by atoms with Crippen LogP contribution in [0, 0.1) is 0 Å². The molecule has 3 rings (SSSR count). The molecule has 3 aromatic rings. The van der Waals surface area contributed by atoms with Gasteiger partial charge in [-0.15, -0.1) is 0 Å². The summed E-state index contributed by atoms with van der Waals surface area (Å²) in [4.78, 5) is 20.7. The Morgan fingerprint density at radius 2 is 1.74 bits per heavy atom. The first kappa shape index (κ1) is 18.2. The Hall–Kier alpha value is -3.61. The lowest BCUT2D eigenvalue weighted by molar-refractivity contribution is 0.102. The van der Waals surface area contributed by atoms with Gasteiger partial charge in [-0.25, -0.2) is 9.97 Å². The maximum Gasteiger partial charge on any atom is 0.275 e. The molecule has 0 aliphatic carbocycles. The van der Waals surface area contributed by atoms with Crippen LogP contribution in [0.25, 0.3) is 0 Å². The third-order valence-electron chi connectivity index (χ3n) is 3.84. The highest BCUT2D eigenvalue weighted by atomic mass is 16.5. The number of carbonyl (C=O) groups excluding carboxylic acids is 1. The van der Waals surface area contributed by atoms with Crippen molar-refractivity contribution in [3.63, 3.8) is 0 Å². The molecule has 1 aromatic heterocycles. The van der Waals surface area contributed by atoms with Crippen molar-refractivity contribution >= 4 is 17.4 Å². The Bertz CT molecular complexity index is 896. The topological polar surface area (TPSA) is 85.4 Å². The number of rotatable bonds is 7. The van der Waals surface area contributed by atoms with E-state index >= 15 is 0 Å². The second-order valence-corrected chi connectivity index (χ2v) is 5.67. The van der Waals surface area contributed by atoms with Crippen LogP contribution in [-0.2, 0) is 6.54 Å². The maximum absolute atomic E-state index is 12.3. The van der Waals surface area contributed by atoms with E-state index in [2.05, 4.69) is 20.6 Å². The molecule has 1 amide bonds. The number of hydrogen-bond donors (Lipinski definition) is 2. The van der Waals surface area contributed by atoms with Crippen LogP contribution in [-0.4, -0.2) is 30.1 Å². The van der Waals surface area contributed by atoms with E-state index in [4.69, 9.17) is 9.47 Å². The number of anilines is 2. The molecule has 0 unspecified atom stereocenters. The molecule has 2 N–H and O–H groups in total. The summed E-state index contributed by atoms with van der Waals surface area (Å²) in [6, 6.07) is 14.8. The number of hydrogen-bond acceptors (Lipinski definition) is 6. The number of aromatic nitrogens is 2. The summed E-state index contributed by atoms with van der Waals surface area (Å²) < 4.78 is 10.3. The van der Waals surface area contributed by atoms with E-state index in [9.17, 15) is 4.79 Å². The largest absolute Gasteiger partial charge is 0.497 e. The Balaban J connectivity index is 1.57. The zero-order chi connectivity index (χ0) is 19.1. The van der Waals surface area contributed by atoms with Crippen molar-refractivity contribution in [3.8, 4) is 11.5 Å². The lowest BCUT2D eigenvalue weighted by atomic mass is 10.2. The van der Waals surface area contributed by atoms with E-state index < -0.39 is 0 Å². The lowest BCUT2D eigenvalue weighted by Crippen LogP contribution is -2.14. The SMILES string of the molecule is COc1ccc(CNc2cnc(C(=O)Nc3cccc(OC)c3)cn2)cc1. The van der Waals surface area contributed by atoms with Crippen LogP contribution in [0.15, 0.2) is 60.9 Å². The third kappa shape index (κ3) is 4.94. The molecule has 138 valence electrons. The summed E-state index contributed by atoms with van der Waals surface area (Å²) in [6.07, 6.45) is 2.97. The molecule has 0 atom stereocenters. The van der Waals surface area contributed by atoms with E-state index in [-0.39, 0.29) is 11.6 Å². The number of nitrogens with one attached hydrogen (secondary N) is 2. The summed E-state index contributed by atoms with van der Waals surface area (Å²) in [5, 5.41) is 5.93. The highest BCUT2D eigenvalue weighted by Gasteiger charge is 2.09. The van der Waals surface area contributed by atoms with Crippen LogP contribution < -0.4 is 20.1 Å². The number of nitrogens with zero attached hydrogens (tertiary/aromatic N) is 2. The van der Waals surface area contributed by atoms with Crippen LogP contribution in [0.3, 0.4) is 0 Å². The van der Waals surface area contributed by atoms with Gasteiger partial charge in [0.1, 0.15) is 23.0 Å². The Kier molecular flexibility index (Phi) is 5.84. The Morgan fingerprint density at radius 3 is 2.41 bits per heavy atom. The third-order valence-corrected chi connectivity index (χ3v) is 3.84. The molecule has 0 saturated carbocycles. The van der Waals surface area contributed by atoms with E-state index in [1.165, 1.54) is 12.4 Å². The molecule has 0 aliphatic rings. The molecular formula is C20H20N4O3. The fourth-order valence-corrected chi connectivity index (χ4v) is 2.37. The van der Waals surface area contributed by atoms with E-state index in [0.717, 1.165) is 11.3 Å². The van der Waals surface area contributed by atoms with Crippen LogP contribution in [0.1, 0.15) is 16.1 Å². The van der Waals surface area contributed by atoms with Crippen molar-refractivity contribution in [2.24, 2.45) is 0 Å². The molecule has 7 nitrogen and oxygen atoms in total. The van der Waals surface area contributed by atoms with Gasteiger partial charge in [-0.2, -0.15) is 0 Å². The predicted octanol–water partition coefficient (Wildman–Crippen LogP) is 3.36. The van der Waals surface area contributed by atoms with Crippen molar-refractivity contribution in [2.45, 2.75) is 6.54 Å². The molecule has 2 aromatic carbocycles. The molecule has 0 aliphatic heterocycles. The normalized spacial score (nSPS) is 10.1. The molecular weight excluding hydrogens is 344 g/mol. The molecule has 1 heterocycles. The van der Waals surface area contributed by atoms with Crippen molar-refractivity contribution in [1.82, 2.24) is 9.97 Å². The monoisotopic (exact) mass is 364 g/mol. The predicted molar refractivity (Wildman–Crippen MR) is 103 cm³/mol. The highest BCUT2D eigenvalue weighted by Crippen LogP contribution is 2.17. The minimum atomic E-state index is -0.336. The summed E-state index contributed by atoms with van der Waals surface area (Å²) in [5.74, 6) is 1.73. The van der Waals surface area contributed by atoms with E-state index in [1.807, 2.05) is 24.3 Å². The van der Waals surface area contributed by atoms with E-state index in [0.29, 0.717) is 23.8 Å². The summed E-state index contributed by atoms with van der Waals surface area (Å²) in [7, 11) is 3.21. The standard InChI is InChI=1S/C20H20N4O3/c1-26-16-8-6-14(7-9-16)11-22-19-13-21-18(12-23-19)20(25)24-15-4-3-5-17(10-15)27-2/h3-10,12-13H,11H2,1-2H3,(H,22,23)(H,24,25). The van der Waals surface area contributed by atoms with Crippen molar-refractivity contribution < 1.29 is 14.3 Å². The maximum atomic E-state index is 12.3. The lowest BCUT2D eigenvalue weighted by Gasteiger charge is -2.08. The number of ether oxygens (including phenoxy) is 2. The van der Waals surface area contributed by atoms with Crippen LogP contribution >= 0.6 is 0 Å². The van der Waals surface area contributed by atoms with E-state index in [1.54, 1.807) is 38.5 Å². The van der Waals surface area contributed by atoms with Gasteiger partial charge in [0.25, 0.3) is 5.91 Å². The molecule has 0 fully saturated rings. The average Bonchev–Trinajstić information content (AvgIpc) is 2.73. The highest BCUT2D eigenvalue weighted by molar-refractivity contribution is 6.02. The fourth-order valence-electron chi connectivity index (χ4n) is 2.37. The molecule has 0 saturated heterocycles. The molecule has 27 heavy (non-hydrogen) atoms. The van der Waals surface area contributed by atoms with Gasteiger partial charge in [-0.3, -0.25) is 4.79 Å². The number of carbonyl (C=O) groups is 1. The van der Waals surface area contributed by atoms with Gasteiger partial charge >= 0.3 is 0 Å². The quantitative estimate of drug-likeness (QED) is 0.669. The fraction of sp³-hybridized carbons (Fsp3) is 0.150. The smallest absolute Gasteiger partial charge is 0.275 e. The minimum Gasteiger partial charge on any atom is -0.497 e. The first-order chi connectivity index (χ1) is 13.2. The van der Waals surface area contributed by atoms with Crippen LogP contribution in [0.2, 0.25) is 0 Å². The summed E-state index contributed by atoms with van der Waals surface area (Å²) in [6.45, 7) is 0.591. The van der Waals surface area contributed by atoms with Gasteiger partial charge < -0.3 is 20.1 Å². The molecule has 0 spiro atoms. The molecule has 7 heteroatoms. The van der Waals surface area contributed by atoms with Crippen LogP contribution in [0.4, 0.5) is 11.5 Å².